The molecule has 0 aliphatic heterocycles. The molecule has 1 unspecified atom stereocenters. The minimum absolute atomic E-state index is 0.260. The quantitative estimate of drug-likeness (QED) is 0.640. The predicted molar refractivity (Wildman–Crippen MR) is 60.4 cm³/mol. The maximum Gasteiger partial charge on any atom is 0.0528 e. The molecule has 4 N–H and O–H groups in total. The Bertz CT molecular complexity index is 297. The molecule has 0 spiro atoms. The summed E-state index contributed by atoms with van der Waals surface area (Å²) in [6.07, 6.45) is 0.484. The van der Waals surface area contributed by atoms with Gasteiger partial charge in [-0.15, -0.1) is 0 Å². The molecule has 0 saturated carbocycles. The van der Waals surface area contributed by atoms with Gasteiger partial charge in [-0.3, -0.25) is 0 Å². The van der Waals surface area contributed by atoms with E-state index in [1.807, 2.05) is 25.1 Å². The van der Waals surface area contributed by atoms with E-state index in [2.05, 4.69) is 5.32 Å². The van der Waals surface area contributed by atoms with E-state index in [0.717, 1.165) is 24.3 Å². The summed E-state index contributed by atoms with van der Waals surface area (Å²) in [6.45, 7) is 4.58. The molecule has 0 aliphatic carbocycles. The van der Waals surface area contributed by atoms with Crippen molar-refractivity contribution in [2.24, 2.45) is 0 Å². The summed E-state index contributed by atoms with van der Waals surface area (Å²) in [5, 5.41) is 12.3. The zero-order valence-corrected chi connectivity index (χ0v) is 8.75. The second kappa shape index (κ2) is 4.86. The Morgan fingerprint density at radius 2 is 2.21 bits per heavy atom. The molecule has 3 heteroatoms. The van der Waals surface area contributed by atoms with Crippen molar-refractivity contribution < 1.29 is 5.11 Å². The number of nitrogens with two attached hydrogens (primary N) is 1. The lowest BCUT2D eigenvalue weighted by Crippen LogP contribution is -2.10. The zero-order chi connectivity index (χ0) is 10.6. The molecule has 1 aromatic carbocycles. The first-order valence-electron chi connectivity index (χ1n) is 4.87. The van der Waals surface area contributed by atoms with Gasteiger partial charge in [0.1, 0.15) is 0 Å². The molecule has 0 amide bonds. The van der Waals surface area contributed by atoms with Gasteiger partial charge in [0.25, 0.3) is 0 Å². The lowest BCUT2D eigenvalue weighted by atomic mass is 10.1. The summed E-state index contributed by atoms with van der Waals surface area (Å²) in [5.41, 5.74) is 8.65. The van der Waals surface area contributed by atoms with Crippen molar-refractivity contribution in [2.75, 3.05) is 17.6 Å². The van der Waals surface area contributed by atoms with Crippen LogP contribution in [-0.2, 0) is 0 Å². The number of nitrogens with one attached hydrogen (secondary N) is 1. The van der Waals surface area contributed by atoms with Gasteiger partial charge >= 0.3 is 0 Å². The fraction of sp³-hybridized carbons (Fsp3) is 0.455. The third kappa shape index (κ3) is 3.26. The van der Waals surface area contributed by atoms with E-state index in [1.54, 1.807) is 6.92 Å². The third-order valence-electron chi connectivity index (χ3n) is 2.14. The Hall–Kier alpha value is -1.22. The maximum absolute atomic E-state index is 9.09. The fourth-order valence-corrected chi connectivity index (χ4v) is 1.25. The zero-order valence-electron chi connectivity index (χ0n) is 8.75. The van der Waals surface area contributed by atoms with E-state index in [1.165, 1.54) is 5.56 Å². The van der Waals surface area contributed by atoms with Crippen LogP contribution in [0.15, 0.2) is 18.2 Å². The Kier molecular flexibility index (Phi) is 3.77. The summed E-state index contributed by atoms with van der Waals surface area (Å²) >= 11 is 0. The number of aryl methyl sites for hydroxylation is 1. The molecule has 14 heavy (non-hydrogen) atoms. The van der Waals surface area contributed by atoms with Crippen LogP contribution in [0.1, 0.15) is 18.9 Å². The first-order valence-corrected chi connectivity index (χ1v) is 4.87. The Morgan fingerprint density at radius 1 is 1.50 bits per heavy atom. The lowest BCUT2D eigenvalue weighted by Gasteiger charge is -2.11. The number of hydrogen-bond donors (Lipinski definition) is 3. The number of aliphatic hydroxyl groups is 1. The molecule has 0 aliphatic rings. The minimum atomic E-state index is -0.260. The van der Waals surface area contributed by atoms with E-state index in [-0.39, 0.29) is 6.10 Å². The van der Waals surface area contributed by atoms with E-state index < -0.39 is 0 Å². The van der Waals surface area contributed by atoms with Crippen molar-refractivity contribution in [2.45, 2.75) is 26.4 Å². The molecule has 1 atom stereocenters. The number of rotatable bonds is 4. The molecule has 1 rings (SSSR count). The van der Waals surface area contributed by atoms with E-state index >= 15 is 0 Å². The van der Waals surface area contributed by atoms with Gasteiger partial charge in [0, 0.05) is 17.9 Å². The van der Waals surface area contributed by atoms with Crippen molar-refractivity contribution in [3.05, 3.63) is 23.8 Å². The average Bonchev–Trinajstić information content (AvgIpc) is 2.10. The minimum Gasteiger partial charge on any atom is -0.399 e. The second-order valence-electron chi connectivity index (χ2n) is 3.64. The number of benzene rings is 1. The van der Waals surface area contributed by atoms with Gasteiger partial charge in [-0.2, -0.15) is 0 Å². The molecule has 0 aromatic heterocycles. The van der Waals surface area contributed by atoms with E-state index in [0.29, 0.717) is 0 Å². The standard InChI is InChI=1S/C11H18N2O/c1-8-3-4-10(12)7-11(8)13-6-5-9(2)14/h3-4,7,9,13-14H,5-6,12H2,1-2H3. The summed E-state index contributed by atoms with van der Waals surface area (Å²) < 4.78 is 0. The molecule has 0 radical (unpaired) electrons. The smallest absolute Gasteiger partial charge is 0.0528 e. The molecular formula is C11H18N2O. The topological polar surface area (TPSA) is 58.3 Å². The van der Waals surface area contributed by atoms with Gasteiger partial charge in [-0.1, -0.05) is 6.07 Å². The average molecular weight is 194 g/mol. The number of hydrogen-bond acceptors (Lipinski definition) is 3. The van der Waals surface area contributed by atoms with Crippen LogP contribution >= 0.6 is 0 Å². The summed E-state index contributed by atoms with van der Waals surface area (Å²) in [6, 6.07) is 5.78. The number of nitrogen functional groups attached to an aromatic ring is 1. The number of anilines is 2. The van der Waals surface area contributed by atoms with Gasteiger partial charge in [-0.05, 0) is 38.0 Å². The van der Waals surface area contributed by atoms with Crippen LogP contribution in [0.4, 0.5) is 11.4 Å². The molecule has 1 aromatic rings. The highest BCUT2D eigenvalue weighted by molar-refractivity contribution is 5.59. The van der Waals surface area contributed by atoms with Gasteiger partial charge < -0.3 is 16.2 Å². The van der Waals surface area contributed by atoms with Crippen molar-refractivity contribution in [3.8, 4) is 0 Å². The van der Waals surface area contributed by atoms with Gasteiger partial charge in [0.15, 0.2) is 0 Å². The molecule has 3 nitrogen and oxygen atoms in total. The normalized spacial score (nSPS) is 12.5. The summed E-state index contributed by atoms with van der Waals surface area (Å²) in [7, 11) is 0. The largest absolute Gasteiger partial charge is 0.399 e. The molecule has 0 fully saturated rings. The fourth-order valence-electron chi connectivity index (χ4n) is 1.25. The van der Waals surface area contributed by atoms with Crippen LogP contribution in [0, 0.1) is 6.92 Å². The van der Waals surface area contributed by atoms with E-state index in [4.69, 9.17) is 10.8 Å². The van der Waals surface area contributed by atoms with Gasteiger partial charge in [0.05, 0.1) is 6.10 Å². The first-order chi connectivity index (χ1) is 6.59. The Balaban J connectivity index is 2.53. The third-order valence-corrected chi connectivity index (χ3v) is 2.14. The van der Waals surface area contributed by atoms with Crippen molar-refractivity contribution in [3.63, 3.8) is 0 Å². The van der Waals surface area contributed by atoms with Gasteiger partial charge in [0.2, 0.25) is 0 Å². The molecule has 0 bridgehead atoms. The Morgan fingerprint density at radius 3 is 2.86 bits per heavy atom. The highest BCUT2D eigenvalue weighted by Gasteiger charge is 1.99. The van der Waals surface area contributed by atoms with Crippen LogP contribution in [0.2, 0.25) is 0 Å². The van der Waals surface area contributed by atoms with Crippen LogP contribution in [-0.4, -0.2) is 17.8 Å². The SMILES string of the molecule is Cc1ccc(N)cc1NCCC(C)O. The van der Waals surface area contributed by atoms with Crippen LogP contribution in [0.5, 0.6) is 0 Å². The van der Waals surface area contributed by atoms with Crippen LogP contribution < -0.4 is 11.1 Å². The van der Waals surface area contributed by atoms with Crippen molar-refractivity contribution >= 4 is 11.4 Å². The Labute approximate surface area is 84.9 Å². The highest BCUT2D eigenvalue weighted by Crippen LogP contribution is 2.17. The predicted octanol–water partition coefficient (Wildman–Crippen LogP) is 1.76. The molecule has 78 valence electrons. The number of aliphatic hydroxyl groups excluding tert-OH is 1. The van der Waals surface area contributed by atoms with Crippen LogP contribution in [0.3, 0.4) is 0 Å². The van der Waals surface area contributed by atoms with Crippen molar-refractivity contribution in [1.82, 2.24) is 0 Å². The van der Waals surface area contributed by atoms with Crippen LogP contribution in [0.25, 0.3) is 0 Å². The monoisotopic (exact) mass is 194 g/mol. The summed E-state index contributed by atoms with van der Waals surface area (Å²) in [4.78, 5) is 0. The molecule has 0 heterocycles. The highest BCUT2D eigenvalue weighted by atomic mass is 16.3. The van der Waals surface area contributed by atoms with Gasteiger partial charge in [-0.25, -0.2) is 0 Å². The second-order valence-corrected chi connectivity index (χ2v) is 3.64. The lowest BCUT2D eigenvalue weighted by molar-refractivity contribution is 0.189. The van der Waals surface area contributed by atoms with E-state index in [9.17, 15) is 0 Å². The maximum atomic E-state index is 9.09. The summed E-state index contributed by atoms with van der Waals surface area (Å²) in [5.74, 6) is 0. The van der Waals surface area contributed by atoms with Crippen molar-refractivity contribution in [1.29, 1.82) is 0 Å². The first kappa shape index (κ1) is 10.9. The molecule has 0 saturated heterocycles. The molecular weight excluding hydrogens is 176 g/mol.